The van der Waals surface area contributed by atoms with Crippen molar-refractivity contribution in [1.29, 1.82) is 0 Å². The maximum absolute atomic E-state index is 5.49. The molecule has 74 valence electrons. The van der Waals surface area contributed by atoms with Crippen LogP contribution in [0.1, 0.15) is 11.1 Å². The van der Waals surface area contributed by atoms with Crippen molar-refractivity contribution >= 4 is 0 Å². The van der Waals surface area contributed by atoms with Gasteiger partial charge in [0.1, 0.15) is 12.4 Å². The molecular formula is C12H15NO. The van der Waals surface area contributed by atoms with Crippen LogP contribution in [0.5, 0.6) is 5.75 Å². The predicted molar refractivity (Wildman–Crippen MR) is 58.3 cm³/mol. The highest BCUT2D eigenvalue weighted by atomic mass is 16.5. The van der Waals surface area contributed by atoms with Crippen LogP contribution in [-0.2, 0) is 6.54 Å². The Morgan fingerprint density at radius 2 is 2.29 bits per heavy atom. The number of hydrogen-bond acceptors (Lipinski definition) is 2. The Morgan fingerprint density at radius 3 is 2.93 bits per heavy atom. The van der Waals surface area contributed by atoms with E-state index in [0.717, 1.165) is 23.4 Å². The highest BCUT2D eigenvalue weighted by Crippen LogP contribution is 2.22. The summed E-state index contributed by atoms with van der Waals surface area (Å²) in [5, 5.41) is 3.10. The van der Waals surface area contributed by atoms with Crippen molar-refractivity contribution in [2.45, 2.75) is 13.5 Å². The second-order valence-electron chi connectivity index (χ2n) is 3.09. The van der Waals surface area contributed by atoms with E-state index in [4.69, 9.17) is 11.2 Å². The lowest BCUT2D eigenvalue weighted by molar-refractivity contribution is 0.362. The summed E-state index contributed by atoms with van der Waals surface area (Å²) < 4.78 is 5.49. The van der Waals surface area contributed by atoms with E-state index in [-0.39, 0.29) is 0 Å². The van der Waals surface area contributed by atoms with E-state index in [1.807, 2.05) is 32.2 Å². The Labute approximate surface area is 85.3 Å². The van der Waals surface area contributed by atoms with Gasteiger partial charge in [-0.05, 0) is 19.5 Å². The fraction of sp³-hybridized carbons (Fsp3) is 0.333. The number of hydrogen-bond donors (Lipinski definition) is 1. The van der Waals surface area contributed by atoms with Crippen molar-refractivity contribution in [3.63, 3.8) is 0 Å². The zero-order valence-corrected chi connectivity index (χ0v) is 8.63. The molecule has 0 saturated carbocycles. The normalized spacial score (nSPS) is 9.50. The maximum Gasteiger partial charge on any atom is 0.148 e. The Kier molecular flexibility index (Phi) is 4.03. The van der Waals surface area contributed by atoms with Gasteiger partial charge in [0.2, 0.25) is 0 Å². The molecule has 1 aromatic carbocycles. The lowest BCUT2D eigenvalue weighted by Crippen LogP contribution is -2.08. The van der Waals surface area contributed by atoms with Crippen molar-refractivity contribution < 1.29 is 4.74 Å². The van der Waals surface area contributed by atoms with Gasteiger partial charge in [0.05, 0.1) is 0 Å². The largest absolute Gasteiger partial charge is 0.480 e. The molecule has 0 heterocycles. The van der Waals surface area contributed by atoms with E-state index < -0.39 is 0 Å². The standard InChI is InChI=1S/C12H15NO/c1-4-8-14-12-10(2)6-5-7-11(12)9-13-3/h1,5-7,13H,8-9H2,2-3H3. The lowest BCUT2D eigenvalue weighted by atomic mass is 10.1. The number of ether oxygens (including phenoxy) is 1. The van der Waals surface area contributed by atoms with Gasteiger partial charge in [-0.1, -0.05) is 24.1 Å². The molecule has 0 aliphatic rings. The first kappa shape index (κ1) is 10.6. The maximum atomic E-state index is 5.49. The van der Waals surface area contributed by atoms with Crippen LogP contribution in [-0.4, -0.2) is 13.7 Å². The molecule has 0 atom stereocenters. The molecule has 0 aromatic heterocycles. The third kappa shape index (κ3) is 2.51. The molecule has 2 nitrogen and oxygen atoms in total. The van der Waals surface area contributed by atoms with Crippen LogP contribution in [0.2, 0.25) is 0 Å². The highest BCUT2D eigenvalue weighted by Gasteiger charge is 2.04. The minimum atomic E-state index is 0.321. The first-order chi connectivity index (χ1) is 6.79. The van der Waals surface area contributed by atoms with Crippen molar-refractivity contribution in [2.75, 3.05) is 13.7 Å². The Balaban J connectivity index is 2.91. The number of rotatable bonds is 4. The fourth-order valence-corrected chi connectivity index (χ4v) is 1.36. The zero-order valence-electron chi connectivity index (χ0n) is 8.63. The molecule has 0 radical (unpaired) electrons. The Hall–Kier alpha value is -1.46. The number of terminal acetylenes is 1. The third-order valence-corrected chi connectivity index (χ3v) is 1.96. The summed E-state index contributed by atoms with van der Waals surface area (Å²) in [5.41, 5.74) is 2.26. The molecule has 0 fully saturated rings. The average molecular weight is 189 g/mol. The Morgan fingerprint density at radius 1 is 1.50 bits per heavy atom. The van der Waals surface area contributed by atoms with Gasteiger partial charge in [0, 0.05) is 12.1 Å². The van der Waals surface area contributed by atoms with Crippen LogP contribution < -0.4 is 10.1 Å². The first-order valence-electron chi connectivity index (χ1n) is 4.59. The molecule has 0 aliphatic carbocycles. The molecule has 0 saturated heterocycles. The first-order valence-corrected chi connectivity index (χ1v) is 4.59. The van der Waals surface area contributed by atoms with Crippen LogP contribution in [0.25, 0.3) is 0 Å². The van der Waals surface area contributed by atoms with Gasteiger partial charge in [-0.3, -0.25) is 0 Å². The average Bonchev–Trinajstić information content (AvgIpc) is 2.18. The van der Waals surface area contributed by atoms with Crippen LogP contribution in [0.15, 0.2) is 18.2 Å². The van der Waals surface area contributed by atoms with Gasteiger partial charge in [-0.2, -0.15) is 0 Å². The van der Waals surface area contributed by atoms with Gasteiger partial charge in [0.15, 0.2) is 0 Å². The van der Waals surface area contributed by atoms with Crippen LogP contribution in [0, 0.1) is 19.3 Å². The molecule has 2 heteroatoms. The second-order valence-corrected chi connectivity index (χ2v) is 3.09. The lowest BCUT2D eigenvalue weighted by Gasteiger charge is -2.11. The predicted octanol–water partition coefficient (Wildman–Crippen LogP) is 1.73. The summed E-state index contributed by atoms with van der Waals surface area (Å²) in [4.78, 5) is 0. The van der Waals surface area contributed by atoms with Gasteiger partial charge >= 0.3 is 0 Å². The van der Waals surface area contributed by atoms with Crippen LogP contribution in [0.3, 0.4) is 0 Å². The summed E-state index contributed by atoms with van der Waals surface area (Å²) in [6, 6.07) is 6.07. The number of para-hydroxylation sites is 1. The highest BCUT2D eigenvalue weighted by molar-refractivity contribution is 5.40. The topological polar surface area (TPSA) is 21.3 Å². The third-order valence-electron chi connectivity index (χ3n) is 1.96. The summed E-state index contributed by atoms with van der Waals surface area (Å²) >= 11 is 0. The zero-order chi connectivity index (χ0) is 10.4. The van der Waals surface area contributed by atoms with Gasteiger partial charge in [-0.25, -0.2) is 0 Å². The van der Waals surface area contributed by atoms with Gasteiger partial charge in [0.25, 0.3) is 0 Å². The monoisotopic (exact) mass is 189 g/mol. The smallest absolute Gasteiger partial charge is 0.148 e. The van der Waals surface area contributed by atoms with E-state index in [2.05, 4.69) is 11.2 Å². The summed E-state index contributed by atoms with van der Waals surface area (Å²) in [6.45, 7) is 3.13. The number of benzene rings is 1. The van der Waals surface area contributed by atoms with Gasteiger partial charge < -0.3 is 10.1 Å². The minimum Gasteiger partial charge on any atom is -0.480 e. The van der Waals surface area contributed by atoms with Gasteiger partial charge in [-0.15, -0.1) is 6.42 Å². The quantitative estimate of drug-likeness (QED) is 0.728. The molecule has 1 aromatic rings. The molecule has 0 aliphatic heterocycles. The number of nitrogens with one attached hydrogen (secondary N) is 1. The van der Waals surface area contributed by atoms with E-state index in [1.54, 1.807) is 0 Å². The molecule has 14 heavy (non-hydrogen) atoms. The minimum absolute atomic E-state index is 0.321. The molecular weight excluding hydrogens is 174 g/mol. The summed E-state index contributed by atoms with van der Waals surface area (Å²) in [6.07, 6.45) is 5.16. The van der Waals surface area contributed by atoms with Crippen molar-refractivity contribution in [2.24, 2.45) is 0 Å². The molecule has 1 N–H and O–H groups in total. The molecule has 0 unspecified atom stereocenters. The molecule has 0 bridgehead atoms. The molecule has 0 spiro atoms. The van der Waals surface area contributed by atoms with E-state index in [1.165, 1.54) is 0 Å². The van der Waals surface area contributed by atoms with E-state index in [9.17, 15) is 0 Å². The fourth-order valence-electron chi connectivity index (χ4n) is 1.36. The molecule has 1 rings (SSSR count). The van der Waals surface area contributed by atoms with Crippen molar-refractivity contribution in [1.82, 2.24) is 5.32 Å². The van der Waals surface area contributed by atoms with Crippen LogP contribution in [0.4, 0.5) is 0 Å². The second kappa shape index (κ2) is 5.31. The summed E-state index contributed by atoms with van der Waals surface area (Å²) in [7, 11) is 1.91. The van der Waals surface area contributed by atoms with Crippen LogP contribution >= 0.6 is 0 Å². The van der Waals surface area contributed by atoms with Crippen molar-refractivity contribution in [3.8, 4) is 18.1 Å². The Bertz CT molecular complexity index is 339. The van der Waals surface area contributed by atoms with E-state index in [0.29, 0.717) is 6.61 Å². The van der Waals surface area contributed by atoms with E-state index >= 15 is 0 Å². The summed E-state index contributed by atoms with van der Waals surface area (Å²) in [5.74, 6) is 3.37. The van der Waals surface area contributed by atoms with Crippen molar-refractivity contribution in [3.05, 3.63) is 29.3 Å². The number of aryl methyl sites for hydroxylation is 1. The molecule has 0 amide bonds. The SMILES string of the molecule is C#CCOc1c(C)cccc1CNC.